The number of thioether (sulfide) groups is 1. The quantitative estimate of drug-likeness (QED) is 0.732. The maximum atomic E-state index is 11.8. The first-order valence-corrected chi connectivity index (χ1v) is 8.07. The van der Waals surface area contributed by atoms with Crippen LogP contribution in [0.15, 0.2) is 29.7 Å². The van der Waals surface area contributed by atoms with E-state index in [1.54, 1.807) is 25.1 Å². The summed E-state index contributed by atoms with van der Waals surface area (Å²) in [4.78, 5) is 11.8. The molecule has 2 rings (SSSR count). The van der Waals surface area contributed by atoms with Crippen molar-refractivity contribution in [2.75, 3.05) is 26.5 Å². The molecule has 0 bridgehead atoms. The zero-order valence-electron chi connectivity index (χ0n) is 13.4. The number of amides is 1. The third-order valence-corrected chi connectivity index (χ3v) is 4.22. The van der Waals surface area contributed by atoms with Gasteiger partial charge < -0.3 is 19.4 Å². The number of ether oxygens (including phenoxy) is 2. The number of methoxy groups -OCH3 is 2. The molecule has 0 saturated heterocycles. The molecule has 23 heavy (non-hydrogen) atoms. The zero-order valence-corrected chi connectivity index (χ0v) is 14.2. The second-order valence-electron chi connectivity index (χ2n) is 4.80. The lowest BCUT2D eigenvalue weighted by molar-refractivity contribution is -0.118. The number of hydrogen-bond donors (Lipinski definition) is 1. The highest BCUT2D eigenvalue weighted by Gasteiger charge is 2.07. The maximum Gasteiger partial charge on any atom is 0.230 e. The molecule has 0 unspecified atom stereocenters. The fourth-order valence-corrected chi connectivity index (χ4v) is 2.68. The number of hydrogen-bond acceptors (Lipinski definition) is 6. The van der Waals surface area contributed by atoms with Crippen LogP contribution in [0.25, 0.3) is 0 Å². The Morgan fingerprint density at radius 2 is 2.09 bits per heavy atom. The number of nitrogens with one attached hydrogen (secondary N) is 1. The Morgan fingerprint density at radius 1 is 1.30 bits per heavy atom. The van der Waals surface area contributed by atoms with Crippen LogP contribution in [0.3, 0.4) is 0 Å². The highest BCUT2D eigenvalue weighted by Crippen LogP contribution is 2.27. The summed E-state index contributed by atoms with van der Waals surface area (Å²) in [5.41, 5.74) is 1.07. The van der Waals surface area contributed by atoms with Gasteiger partial charge in [-0.3, -0.25) is 4.79 Å². The molecule has 2 aromatic rings. The highest BCUT2D eigenvalue weighted by molar-refractivity contribution is 7.99. The maximum absolute atomic E-state index is 11.8. The first-order chi connectivity index (χ1) is 11.1. The molecule has 0 spiro atoms. The van der Waals surface area contributed by atoms with Crippen LogP contribution in [-0.2, 0) is 18.3 Å². The van der Waals surface area contributed by atoms with Crippen LogP contribution in [0.5, 0.6) is 11.5 Å². The second-order valence-corrected chi connectivity index (χ2v) is 5.74. The van der Waals surface area contributed by atoms with E-state index in [9.17, 15) is 4.79 Å². The molecule has 1 amide bonds. The largest absolute Gasteiger partial charge is 0.493 e. The van der Waals surface area contributed by atoms with Gasteiger partial charge in [0.1, 0.15) is 6.33 Å². The van der Waals surface area contributed by atoms with Gasteiger partial charge in [0.25, 0.3) is 0 Å². The first kappa shape index (κ1) is 17.1. The Balaban J connectivity index is 1.76. The van der Waals surface area contributed by atoms with E-state index in [1.165, 1.54) is 11.8 Å². The van der Waals surface area contributed by atoms with Crippen LogP contribution in [0.1, 0.15) is 5.56 Å². The average Bonchev–Trinajstić information content (AvgIpc) is 2.97. The average molecular weight is 336 g/mol. The fourth-order valence-electron chi connectivity index (χ4n) is 1.97. The molecule has 0 atom stereocenters. The smallest absolute Gasteiger partial charge is 0.230 e. The summed E-state index contributed by atoms with van der Waals surface area (Å²) < 4.78 is 12.2. The molecule has 1 N–H and O–H groups in total. The van der Waals surface area contributed by atoms with Crippen LogP contribution in [0, 0.1) is 0 Å². The zero-order chi connectivity index (χ0) is 16.7. The Kier molecular flexibility index (Phi) is 6.28. The van der Waals surface area contributed by atoms with Gasteiger partial charge in [-0.2, -0.15) is 0 Å². The van der Waals surface area contributed by atoms with Crippen LogP contribution >= 0.6 is 11.8 Å². The van der Waals surface area contributed by atoms with E-state index in [0.717, 1.165) is 17.1 Å². The van der Waals surface area contributed by atoms with E-state index in [2.05, 4.69) is 15.5 Å². The number of aryl methyl sites for hydroxylation is 1. The van der Waals surface area contributed by atoms with Gasteiger partial charge in [-0.25, -0.2) is 0 Å². The summed E-state index contributed by atoms with van der Waals surface area (Å²) in [6.45, 7) is 0.563. The van der Waals surface area contributed by atoms with Crippen molar-refractivity contribution in [1.29, 1.82) is 0 Å². The highest BCUT2D eigenvalue weighted by atomic mass is 32.2. The predicted octanol–water partition coefficient (Wildman–Crippen LogP) is 1.28. The van der Waals surface area contributed by atoms with E-state index in [4.69, 9.17) is 9.47 Å². The van der Waals surface area contributed by atoms with E-state index >= 15 is 0 Å². The summed E-state index contributed by atoms with van der Waals surface area (Å²) in [7, 11) is 5.05. The van der Waals surface area contributed by atoms with Crippen LogP contribution < -0.4 is 14.8 Å². The van der Waals surface area contributed by atoms with Crippen molar-refractivity contribution in [3.8, 4) is 11.5 Å². The van der Waals surface area contributed by atoms with E-state index in [-0.39, 0.29) is 5.91 Å². The standard InChI is InChI=1S/C15H20N4O3S/c1-19-10-17-18-15(19)23-9-14(20)16-7-6-11-4-5-12(21-2)13(8-11)22-3/h4-5,8,10H,6-7,9H2,1-3H3,(H,16,20). The van der Waals surface area contributed by atoms with Crippen molar-refractivity contribution in [2.45, 2.75) is 11.6 Å². The van der Waals surface area contributed by atoms with Crippen molar-refractivity contribution in [1.82, 2.24) is 20.1 Å². The molecule has 124 valence electrons. The number of carbonyl (C=O) groups excluding carboxylic acids is 1. The third kappa shape index (κ3) is 4.88. The van der Waals surface area contributed by atoms with Gasteiger partial charge in [0, 0.05) is 13.6 Å². The molecule has 0 fully saturated rings. The Bertz CT molecular complexity index is 660. The van der Waals surface area contributed by atoms with Crippen molar-refractivity contribution >= 4 is 17.7 Å². The first-order valence-electron chi connectivity index (χ1n) is 7.08. The number of carbonyl (C=O) groups is 1. The van der Waals surface area contributed by atoms with E-state index in [0.29, 0.717) is 23.8 Å². The van der Waals surface area contributed by atoms with Gasteiger partial charge in [-0.1, -0.05) is 17.8 Å². The molecule has 8 heteroatoms. The van der Waals surface area contributed by atoms with Crippen LogP contribution in [0.4, 0.5) is 0 Å². The third-order valence-electron chi connectivity index (χ3n) is 3.19. The topological polar surface area (TPSA) is 78.3 Å². The molecule has 0 aliphatic heterocycles. The minimum absolute atomic E-state index is 0.0292. The second kappa shape index (κ2) is 8.42. The molecule has 1 heterocycles. The number of rotatable bonds is 8. The van der Waals surface area contributed by atoms with Gasteiger partial charge in [0.15, 0.2) is 16.7 Å². The number of benzene rings is 1. The van der Waals surface area contributed by atoms with E-state index < -0.39 is 0 Å². The molecular weight excluding hydrogens is 316 g/mol. The summed E-state index contributed by atoms with van der Waals surface area (Å²) >= 11 is 1.36. The lowest BCUT2D eigenvalue weighted by Gasteiger charge is -2.10. The SMILES string of the molecule is COc1ccc(CCNC(=O)CSc2nncn2C)cc1OC. The lowest BCUT2D eigenvalue weighted by Crippen LogP contribution is -2.27. The summed E-state index contributed by atoms with van der Waals surface area (Å²) in [6.07, 6.45) is 2.33. The van der Waals surface area contributed by atoms with Crippen molar-refractivity contribution in [3.63, 3.8) is 0 Å². The van der Waals surface area contributed by atoms with Crippen molar-refractivity contribution in [3.05, 3.63) is 30.1 Å². The van der Waals surface area contributed by atoms with Gasteiger partial charge in [0.2, 0.25) is 5.91 Å². The van der Waals surface area contributed by atoms with Gasteiger partial charge in [-0.15, -0.1) is 10.2 Å². The molecule has 0 radical (unpaired) electrons. The minimum Gasteiger partial charge on any atom is -0.493 e. The fraction of sp³-hybridized carbons (Fsp3) is 0.400. The van der Waals surface area contributed by atoms with E-state index in [1.807, 2.05) is 25.2 Å². The van der Waals surface area contributed by atoms with Gasteiger partial charge >= 0.3 is 0 Å². The number of aromatic nitrogens is 3. The molecule has 0 aliphatic carbocycles. The molecule has 0 aliphatic rings. The van der Waals surface area contributed by atoms with Crippen molar-refractivity contribution in [2.24, 2.45) is 7.05 Å². The molecule has 0 saturated carbocycles. The van der Waals surface area contributed by atoms with Crippen LogP contribution in [-0.4, -0.2) is 47.2 Å². The normalized spacial score (nSPS) is 10.4. The minimum atomic E-state index is -0.0292. The predicted molar refractivity (Wildman–Crippen MR) is 88.0 cm³/mol. The van der Waals surface area contributed by atoms with Gasteiger partial charge in [0.05, 0.1) is 20.0 Å². The monoisotopic (exact) mass is 336 g/mol. The van der Waals surface area contributed by atoms with Crippen LogP contribution in [0.2, 0.25) is 0 Å². The lowest BCUT2D eigenvalue weighted by atomic mass is 10.1. The number of nitrogens with zero attached hydrogens (tertiary/aromatic N) is 3. The Labute approximate surface area is 139 Å². The molecular formula is C15H20N4O3S. The Morgan fingerprint density at radius 3 is 2.74 bits per heavy atom. The molecule has 1 aromatic carbocycles. The summed E-state index contributed by atoms with van der Waals surface area (Å²) in [5.74, 6) is 1.67. The molecule has 1 aromatic heterocycles. The van der Waals surface area contributed by atoms with Crippen molar-refractivity contribution < 1.29 is 14.3 Å². The molecule has 7 nitrogen and oxygen atoms in total. The summed E-state index contributed by atoms with van der Waals surface area (Å²) in [5, 5.41) is 11.3. The Hall–Kier alpha value is -2.22. The van der Waals surface area contributed by atoms with Gasteiger partial charge in [-0.05, 0) is 24.1 Å². The summed E-state index contributed by atoms with van der Waals surface area (Å²) in [6, 6.07) is 5.74.